The van der Waals surface area contributed by atoms with Crippen molar-refractivity contribution in [1.82, 2.24) is 15.1 Å². The van der Waals surface area contributed by atoms with Crippen LogP contribution in [0.3, 0.4) is 0 Å². The number of nitrogens with one attached hydrogen (secondary N) is 1. The van der Waals surface area contributed by atoms with E-state index in [4.69, 9.17) is 0 Å². The van der Waals surface area contributed by atoms with Crippen molar-refractivity contribution in [3.05, 3.63) is 71.5 Å². The van der Waals surface area contributed by atoms with Crippen LogP contribution in [-0.2, 0) is 11.2 Å². The van der Waals surface area contributed by atoms with E-state index in [0.29, 0.717) is 44.8 Å². The second-order valence-corrected chi connectivity index (χ2v) is 9.15. The van der Waals surface area contributed by atoms with E-state index in [1.165, 1.54) is 12.1 Å². The minimum Gasteiger partial charge on any atom is -0.338 e. The smallest absolute Gasteiger partial charge is 0.256 e. The molecule has 6 heteroatoms. The van der Waals surface area contributed by atoms with Crippen LogP contribution in [0.5, 0.6) is 0 Å². The summed E-state index contributed by atoms with van der Waals surface area (Å²) in [6.45, 7) is 5.99. The third kappa shape index (κ3) is 4.42. The quantitative estimate of drug-likeness (QED) is 0.747. The lowest BCUT2D eigenvalue weighted by molar-refractivity contribution is -0.134. The molecule has 2 saturated heterocycles. The molecule has 4 rings (SSSR count). The lowest BCUT2D eigenvalue weighted by Gasteiger charge is -2.45. The summed E-state index contributed by atoms with van der Waals surface area (Å²) in [4.78, 5) is 30.1. The molecule has 2 aromatic rings. The Bertz CT molecular complexity index is 957. The Morgan fingerprint density at radius 2 is 1.78 bits per heavy atom. The van der Waals surface area contributed by atoms with Gasteiger partial charge in [0.15, 0.2) is 0 Å². The molecule has 1 N–H and O–H groups in total. The molecule has 0 aromatic heterocycles. The Balaban J connectivity index is 1.51. The summed E-state index contributed by atoms with van der Waals surface area (Å²) in [5.41, 5.74) is 0.787. The standard InChI is InChI=1S/C26H32FN3O2/c1-3-19(2)18-30-25(32)23(17-20-9-5-4-6-10-20)28-26(30)13-15-29(16-14-26)24(31)21-11-7-8-12-22(21)27/h4-12,19,23,28H,3,13-18H2,1-2H3/t19-,23+/m0/s1. The van der Waals surface area contributed by atoms with Crippen molar-refractivity contribution in [2.45, 2.75) is 51.2 Å². The van der Waals surface area contributed by atoms with Crippen LogP contribution >= 0.6 is 0 Å². The third-order valence-electron chi connectivity index (χ3n) is 6.98. The maximum Gasteiger partial charge on any atom is 0.256 e. The summed E-state index contributed by atoms with van der Waals surface area (Å²) >= 11 is 0. The van der Waals surface area contributed by atoms with Crippen molar-refractivity contribution in [3.8, 4) is 0 Å². The Hall–Kier alpha value is -2.73. The lowest BCUT2D eigenvalue weighted by Crippen LogP contribution is -2.60. The fourth-order valence-electron chi connectivity index (χ4n) is 4.86. The van der Waals surface area contributed by atoms with Crippen LogP contribution < -0.4 is 5.32 Å². The van der Waals surface area contributed by atoms with Gasteiger partial charge in [0.2, 0.25) is 5.91 Å². The number of benzene rings is 2. The first-order valence-electron chi connectivity index (χ1n) is 11.6. The van der Waals surface area contributed by atoms with Crippen LogP contribution in [0.4, 0.5) is 4.39 Å². The highest BCUT2D eigenvalue weighted by atomic mass is 19.1. The van der Waals surface area contributed by atoms with Crippen LogP contribution in [0.1, 0.15) is 49.0 Å². The maximum absolute atomic E-state index is 14.1. The van der Waals surface area contributed by atoms with Gasteiger partial charge < -0.3 is 9.80 Å². The third-order valence-corrected chi connectivity index (χ3v) is 6.98. The second kappa shape index (κ2) is 9.41. The van der Waals surface area contributed by atoms with E-state index in [9.17, 15) is 14.0 Å². The molecular formula is C26H32FN3O2. The van der Waals surface area contributed by atoms with Gasteiger partial charge in [0.1, 0.15) is 5.82 Å². The molecule has 2 heterocycles. The van der Waals surface area contributed by atoms with E-state index >= 15 is 0 Å². The first-order valence-corrected chi connectivity index (χ1v) is 11.6. The van der Waals surface area contributed by atoms with Crippen LogP contribution in [0.2, 0.25) is 0 Å². The molecule has 0 aliphatic carbocycles. The van der Waals surface area contributed by atoms with E-state index in [-0.39, 0.29) is 23.4 Å². The first kappa shape index (κ1) is 22.5. The molecule has 5 nitrogen and oxygen atoms in total. The summed E-state index contributed by atoms with van der Waals surface area (Å²) in [6.07, 6.45) is 2.93. The summed E-state index contributed by atoms with van der Waals surface area (Å²) in [6, 6.07) is 15.9. The van der Waals surface area contributed by atoms with E-state index in [1.54, 1.807) is 17.0 Å². The molecule has 32 heavy (non-hydrogen) atoms. The van der Waals surface area contributed by atoms with Gasteiger partial charge in [-0.15, -0.1) is 0 Å². The summed E-state index contributed by atoms with van der Waals surface area (Å²) in [5, 5.41) is 3.66. The molecule has 2 aliphatic rings. The number of hydrogen-bond donors (Lipinski definition) is 1. The number of carbonyl (C=O) groups is 2. The molecule has 170 valence electrons. The van der Waals surface area contributed by atoms with Crippen molar-refractivity contribution < 1.29 is 14.0 Å². The van der Waals surface area contributed by atoms with Gasteiger partial charge in [-0.1, -0.05) is 62.7 Å². The fraction of sp³-hybridized carbons (Fsp3) is 0.462. The predicted octanol–water partition coefficient (Wildman–Crippen LogP) is 3.85. The topological polar surface area (TPSA) is 52.7 Å². The predicted molar refractivity (Wildman–Crippen MR) is 123 cm³/mol. The number of rotatable bonds is 6. The molecule has 2 aliphatic heterocycles. The van der Waals surface area contributed by atoms with Crippen LogP contribution in [-0.4, -0.2) is 53.0 Å². The Kier molecular flexibility index (Phi) is 6.60. The first-order chi connectivity index (χ1) is 15.4. The van der Waals surface area contributed by atoms with Crippen molar-refractivity contribution in [2.75, 3.05) is 19.6 Å². The Labute approximate surface area is 189 Å². The maximum atomic E-state index is 14.1. The highest BCUT2D eigenvalue weighted by molar-refractivity contribution is 5.94. The molecule has 2 atom stereocenters. The minimum atomic E-state index is -0.492. The molecule has 0 bridgehead atoms. The highest BCUT2D eigenvalue weighted by Crippen LogP contribution is 2.35. The molecule has 0 radical (unpaired) electrons. The van der Waals surface area contributed by atoms with E-state index in [1.807, 2.05) is 23.1 Å². The van der Waals surface area contributed by atoms with Gasteiger partial charge in [0, 0.05) is 32.5 Å². The minimum absolute atomic E-state index is 0.109. The molecule has 1 spiro atoms. The van der Waals surface area contributed by atoms with E-state index < -0.39 is 11.5 Å². The zero-order chi connectivity index (χ0) is 22.7. The fourth-order valence-corrected chi connectivity index (χ4v) is 4.86. The van der Waals surface area contributed by atoms with Gasteiger partial charge in [0.25, 0.3) is 5.91 Å². The van der Waals surface area contributed by atoms with Crippen molar-refractivity contribution in [3.63, 3.8) is 0 Å². The van der Waals surface area contributed by atoms with E-state index in [2.05, 4.69) is 31.3 Å². The normalized spacial score (nSPS) is 21.2. The Morgan fingerprint density at radius 1 is 1.12 bits per heavy atom. The number of carbonyl (C=O) groups excluding carboxylic acids is 2. The molecule has 0 saturated carbocycles. The molecule has 2 amide bonds. The lowest BCUT2D eigenvalue weighted by atomic mass is 9.94. The highest BCUT2D eigenvalue weighted by Gasteiger charge is 2.51. The van der Waals surface area contributed by atoms with Gasteiger partial charge in [-0.3, -0.25) is 14.9 Å². The molecule has 0 unspecified atom stereocenters. The van der Waals surface area contributed by atoms with Gasteiger partial charge in [-0.2, -0.15) is 0 Å². The van der Waals surface area contributed by atoms with Gasteiger partial charge in [-0.05, 0) is 30.0 Å². The summed E-state index contributed by atoms with van der Waals surface area (Å²) < 4.78 is 14.1. The monoisotopic (exact) mass is 437 g/mol. The van der Waals surface area contributed by atoms with Crippen LogP contribution in [0.25, 0.3) is 0 Å². The van der Waals surface area contributed by atoms with Crippen molar-refractivity contribution in [1.29, 1.82) is 0 Å². The molecule has 2 aromatic carbocycles. The molecule has 2 fully saturated rings. The van der Waals surface area contributed by atoms with Crippen LogP contribution in [0, 0.1) is 11.7 Å². The van der Waals surface area contributed by atoms with E-state index in [0.717, 1.165) is 12.0 Å². The van der Waals surface area contributed by atoms with Gasteiger partial charge in [-0.25, -0.2) is 4.39 Å². The summed E-state index contributed by atoms with van der Waals surface area (Å²) in [7, 11) is 0. The molecular weight excluding hydrogens is 405 g/mol. The summed E-state index contributed by atoms with van der Waals surface area (Å²) in [5.74, 6) is -0.237. The largest absolute Gasteiger partial charge is 0.338 e. The number of hydrogen-bond acceptors (Lipinski definition) is 3. The SMILES string of the molecule is CC[C@H](C)CN1C(=O)[C@@H](Cc2ccccc2)NC12CCN(C(=O)c1ccccc1F)CC2. The number of nitrogens with zero attached hydrogens (tertiary/aromatic N) is 2. The zero-order valence-electron chi connectivity index (χ0n) is 18.9. The number of amides is 2. The van der Waals surface area contributed by atoms with Crippen molar-refractivity contribution in [2.24, 2.45) is 5.92 Å². The average Bonchev–Trinajstić information content (AvgIpc) is 3.05. The van der Waals surface area contributed by atoms with Gasteiger partial charge >= 0.3 is 0 Å². The number of halogens is 1. The second-order valence-electron chi connectivity index (χ2n) is 9.15. The zero-order valence-corrected chi connectivity index (χ0v) is 18.9. The van der Waals surface area contributed by atoms with Gasteiger partial charge in [0.05, 0.1) is 17.3 Å². The van der Waals surface area contributed by atoms with Crippen LogP contribution in [0.15, 0.2) is 54.6 Å². The number of likely N-dealkylation sites (tertiary alicyclic amines) is 1. The average molecular weight is 438 g/mol. The van der Waals surface area contributed by atoms with Crippen molar-refractivity contribution >= 4 is 11.8 Å². The Morgan fingerprint density at radius 3 is 2.44 bits per heavy atom. The number of piperidine rings is 1.